The number of halogens is 10. The molecule has 3 aliphatic rings. The van der Waals surface area contributed by atoms with Gasteiger partial charge in [-0.3, -0.25) is 39.3 Å². The molecule has 0 aliphatic carbocycles. The van der Waals surface area contributed by atoms with Crippen LogP contribution in [0.5, 0.6) is 5.75 Å². The van der Waals surface area contributed by atoms with Gasteiger partial charge < -0.3 is 49.6 Å². The average Bonchev–Trinajstić information content (AvgIpc) is 0.825. The minimum Gasteiger partial charge on any atom is -0.459 e. The van der Waals surface area contributed by atoms with Crippen LogP contribution in [0.2, 0.25) is 0 Å². The molecule has 5 heterocycles. The third kappa shape index (κ3) is 21.9. The summed E-state index contributed by atoms with van der Waals surface area (Å²) in [4.78, 5) is 119. The number of carbonyl (C=O) groups excluding carboxylic acids is 6. The molecule has 3 aliphatic heterocycles. The van der Waals surface area contributed by atoms with Crippen LogP contribution in [0.25, 0.3) is 11.3 Å². The van der Waals surface area contributed by atoms with E-state index in [0.717, 1.165) is 65.3 Å². The van der Waals surface area contributed by atoms with Gasteiger partial charge in [0.2, 0.25) is 17.8 Å². The van der Waals surface area contributed by atoms with Crippen molar-refractivity contribution in [2.24, 2.45) is 10.8 Å². The Kier molecular flexibility index (Phi) is 27.6. The number of ether oxygens (including phenoxy) is 4. The predicted molar refractivity (Wildman–Crippen MR) is 373 cm³/mol. The molecule has 8 rings (SSSR count). The maximum atomic E-state index is 16.9. The molecule has 37 heteroatoms. The van der Waals surface area contributed by atoms with E-state index in [9.17, 15) is 42.3 Å². The highest BCUT2D eigenvalue weighted by Gasteiger charge is 2.58. The van der Waals surface area contributed by atoms with E-state index in [2.05, 4.69) is 62.2 Å². The van der Waals surface area contributed by atoms with E-state index in [1.54, 1.807) is 24.6 Å². The SMILES string of the molecule is CCCCC(C)NC(=O)Cc1cc(C)cc(OP(=O)(O)O)c1C(C)(C)CC(=O)O[C@@H](CN(Cc1c(F)cc(-c2ccn(C(F)F)n2)cc1F)NC(=O)[C@@H](NC(=O)OC)C(C)(C)C(F)(F)F)[C@H](Cc1ccc(C#Cc2cnc(N3CC4CCC(C3)N4C3COC3)nc2)cc1)NC(=O)[C@@H](NC(=O)OC)C(C)(C)C(F)(F)F. The maximum Gasteiger partial charge on any atom is 0.524 e. The fourth-order valence-corrected chi connectivity index (χ4v) is 13.7. The number of aromatic nitrogens is 4. The van der Waals surface area contributed by atoms with Crippen molar-refractivity contribution in [1.82, 2.24) is 56.4 Å². The summed E-state index contributed by atoms with van der Waals surface area (Å²) in [6.45, 7) is 6.92. The zero-order valence-electron chi connectivity index (χ0n) is 61.7. The van der Waals surface area contributed by atoms with Crippen molar-refractivity contribution in [3.05, 3.63) is 124 Å². The summed E-state index contributed by atoms with van der Waals surface area (Å²) in [6, 6.07) is 3.84. The first-order valence-electron chi connectivity index (χ1n) is 34.8. The topological polar surface area (TPSA) is 320 Å². The van der Waals surface area contributed by atoms with Gasteiger partial charge in [-0.2, -0.15) is 40.2 Å². The van der Waals surface area contributed by atoms with Crippen molar-refractivity contribution >= 4 is 49.6 Å². The van der Waals surface area contributed by atoms with Crippen LogP contribution in [0, 0.1) is 41.2 Å². The molecule has 2 bridgehead atoms. The number of fused-ring (bicyclic) bond motifs is 2. The van der Waals surface area contributed by atoms with Crippen molar-refractivity contribution in [2.45, 2.75) is 193 Å². The van der Waals surface area contributed by atoms with Crippen molar-refractivity contribution in [1.29, 1.82) is 0 Å². The minimum atomic E-state index is -5.50. The molecule has 3 unspecified atom stereocenters. The first kappa shape index (κ1) is 85.5. The molecule has 7 N–H and O–H groups in total. The number of aryl methyl sites for hydroxylation is 1. The van der Waals surface area contributed by atoms with Gasteiger partial charge in [0.15, 0.2) is 0 Å². The van der Waals surface area contributed by atoms with Crippen LogP contribution in [-0.4, -0.2) is 183 Å². The number of phosphoric ester groups is 1. The van der Waals surface area contributed by atoms with Crippen molar-refractivity contribution in [3.8, 4) is 28.8 Å². The van der Waals surface area contributed by atoms with Crippen molar-refractivity contribution < 1.29 is 110 Å². The quantitative estimate of drug-likeness (QED) is 0.00542. The molecule has 0 saturated carbocycles. The van der Waals surface area contributed by atoms with E-state index in [1.165, 1.54) is 57.2 Å². The standard InChI is InChI=1S/C72H89F10N12O14P/c1-12-13-14-41(3)85-57(95)30-46-25-40(2)26-55(108-109(101,102)103)59(46)68(4,5)31-58(96)107-56(37-92(90-63(98)61(88-67(100)105-11)70(8,9)72(80,81)82)36-50-51(73)28-45(29-52(50)74)53-23-24-93(89-53)64(75)76)54(86-62(97)60(87-66(99)104-10)69(6,7)71(77,78)79)27-43-18-15-42(16-19-43)17-20-44-32-83-65(84-33-44)91-34-47-21-22-48(35-91)94(47)49-38-106-39-49/h15-16,18-19,23-26,28-29,32-33,41,47-49,54,56,60-61,64H,12-14,21-22,27,30-31,34-39H2,1-11H3,(H,85,95)(H,86,97)(H,87,99)(H,88,100)(H,90,98)(H2,101,102,103)/t41?,47?,48?,54-,56-,60+,61+/m0/s1. The zero-order chi connectivity index (χ0) is 80.5. The van der Waals surface area contributed by atoms with Crippen LogP contribution in [0.3, 0.4) is 0 Å². The molecule has 3 fully saturated rings. The number of phosphoric acid groups is 1. The third-order valence-electron chi connectivity index (χ3n) is 19.5. The van der Waals surface area contributed by atoms with Gasteiger partial charge in [0.05, 0.1) is 81.0 Å². The number of unbranched alkanes of at least 4 members (excludes halogenated alkanes) is 1. The van der Waals surface area contributed by atoms with Gasteiger partial charge in [0.1, 0.15) is 35.6 Å². The Labute approximate surface area is 622 Å². The number of alkyl halides is 8. The Bertz CT molecular complexity index is 4150. The molecule has 109 heavy (non-hydrogen) atoms. The number of anilines is 1. The number of rotatable bonds is 31. The number of nitrogens with zero attached hydrogens (tertiary/aromatic N) is 7. The molecule has 5 amide bonds. The molecule has 26 nitrogen and oxygen atoms in total. The number of carbonyl (C=O) groups is 6. The van der Waals surface area contributed by atoms with E-state index in [1.807, 2.05) is 12.2 Å². The number of hydrazine groups is 1. The number of nitrogens with one attached hydrogen (secondary N) is 5. The molecule has 0 radical (unpaired) electrons. The Morgan fingerprint density at radius 1 is 0.771 bits per heavy atom. The second-order valence-electron chi connectivity index (χ2n) is 29.0. The van der Waals surface area contributed by atoms with Gasteiger partial charge >= 0.3 is 44.9 Å². The summed E-state index contributed by atoms with van der Waals surface area (Å²) in [5, 5.41) is 13.0. The molecular formula is C72H89F10N12O14P. The van der Waals surface area contributed by atoms with Crippen LogP contribution in [-0.2, 0) is 67.5 Å². The smallest absolute Gasteiger partial charge is 0.459 e. The van der Waals surface area contributed by atoms with Gasteiger partial charge in [0, 0.05) is 84.0 Å². The lowest BCUT2D eigenvalue weighted by Gasteiger charge is -2.47. The van der Waals surface area contributed by atoms with E-state index >= 15 is 44.7 Å². The van der Waals surface area contributed by atoms with Gasteiger partial charge in [-0.05, 0) is 120 Å². The number of amides is 5. The highest BCUT2D eigenvalue weighted by molar-refractivity contribution is 7.46. The second kappa shape index (κ2) is 35.3. The molecular weight excluding hydrogens is 1480 g/mol. The first-order chi connectivity index (χ1) is 50.9. The summed E-state index contributed by atoms with van der Waals surface area (Å²) in [7, 11) is -3.99. The molecule has 2 aromatic heterocycles. The van der Waals surface area contributed by atoms with E-state index in [4.69, 9.17) is 14.0 Å². The first-order valence-corrected chi connectivity index (χ1v) is 36.4. The Hall–Kier alpha value is -9.14. The molecule has 5 aromatic rings. The molecule has 7 atom stereocenters. The Balaban J connectivity index is 1.27. The monoisotopic (exact) mass is 1570 g/mol. The Morgan fingerprint density at radius 2 is 1.34 bits per heavy atom. The molecule has 3 saturated heterocycles. The number of hydrogen-bond donors (Lipinski definition) is 7. The summed E-state index contributed by atoms with van der Waals surface area (Å²) in [5.41, 5.74) is -7.08. The Morgan fingerprint density at radius 3 is 1.85 bits per heavy atom. The number of esters is 1. The van der Waals surface area contributed by atoms with Crippen molar-refractivity contribution in [2.75, 3.05) is 52.0 Å². The number of alkyl carbamates (subject to hydrolysis) is 2. The van der Waals surface area contributed by atoms with E-state index in [0.29, 0.717) is 105 Å². The summed E-state index contributed by atoms with van der Waals surface area (Å²) < 4.78 is 191. The number of benzene rings is 3. The molecule has 0 spiro atoms. The fraction of sp³-hybridized carbons (Fsp3) is 0.542. The fourth-order valence-electron chi connectivity index (χ4n) is 13.3. The molecule has 596 valence electrons. The van der Waals surface area contributed by atoms with Crippen molar-refractivity contribution in [3.63, 3.8) is 0 Å². The maximum absolute atomic E-state index is 16.9. The number of piperazine rings is 1. The summed E-state index contributed by atoms with van der Waals surface area (Å²) in [6.07, 6.45) is -10.3. The largest absolute Gasteiger partial charge is 0.524 e. The zero-order valence-corrected chi connectivity index (χ0v) is 62.6. The normalized spacial score (nSPS) is 17.2. The summed E-state index contributed by atoms with van der Waals surface area (Å²) in [5.74, 6) is -2.62. The number of hydrogen-bond acceptors (Lipinski definition) is 18. The highest BCUT2D eigenvalue weighted by Crippen LogP contribution is 2.47. The predicted octanol–water partition coefficient (Wildman–Crippen LogP) is 9.95. The lowest BCUT2D eigenvalue weighted by atomic mass is 9.77. The van der Waals surface area contributed by atoms with E-state index in [-0.39, 0.29) is 27.4 Å². The van der Waals surface area contributed by atoms with Crippen LogP contribution < -0.4 is 36.1 Å². The third-order valence-corrected chi connectivity index (χ3v) is 19.9. The summed E-state index contributed by atoms with van der Waals surface area (Å²) >= 11 is 0. The second-order valence-corrected chi connectivity index (χ2v) is 30.2. The van der Waals surface area contributed by atoms with Gasteiger partial charge in [-0.25, -0.2) is 42.6 Å². The van der Waals surface area contributed by atoms with E-state index < -0.39 is 170 Å². The van der Waals surface area contributed by atoms with Gasteiger partial charge in [0.25, 0.3) is 5.91 Å². The lowest BCUT2D eigenvalue weighted by Crippen LogP contribution is -2.64. The minimum absolute atomic E-state index is 0.0636. The average molecular weight is 1570 g/mol. The van der Waals surface area contributed by atoms with Crippen LogP contribution in [0.4, 0.5) is 59.4 Å². The van der Waals surface area contributed by atoms with Gasteiger partial charge in [-0.1, -0.05) is 63.7 Å². The number of methoxy groups -OCH3 is 2. The van der Waals surface area contributed by atoms with Gasteiger partial charge in [-0.15, -0.1) is 0 Å². The molecule has 3 aromatic carbocycles. The lowest BCUT2D eigenvalue weighted by molar-refractivity contribution is -0.221. The van der Waals surface area contributed by atoms with Crippen LogP contribution in [0.15, 0.2) is 73.2 Å². The van der Waals surface area contributed by atoms with Crippen LogP contribution >= 0.6 is 7.82 Å². The van der Waals surface area contributed by atoms with Crippen LogP contribution in [0.1, 0.15) is 139 Å². The highest BCUT2D eigenvalue weighted by atomic mass is 31.2.